The van der Waals surface area contributed by atoms with Gasteiger partial charge in [0.25, 0.3) is 5.56 Å². The van der Waals surface area contributed by atoms with E-state index in [0.717, 1.165) is 47.3 Å². The predicted octanol–water partition coefficient (Wildman–Crippen LogP) is 3.55. The molecule has 5 nitrogen and oxygen atoms in total. The van der Waals surface area contributed by atoms with E-state index in [1.165, 1.54) is 5.69 Å². The summed E-state index contributed by atoms with van der Waals surface area (Å²) in [6.45, 7) is 2.84. The summed E-state index contributed by atoms with van der Waals surface area (Å²) in [7, 11) is 0. The van der Waals surface area contributed by atoms with Crippen LogP contribution in [0.3, 0.4) is 0 Å². The summed E-state index contributed by atoms with van der Waals surface area (Å²) in [6, 6.07) is 17.1. The van der Waals surface area contributed by atoms with Crippen molar-refractivity contribution < 1.29 is 0 Å². The van der Waals surface area contributed by atoms with Gasteiger partial charge < -0.3 is 5.73 Å². The summed E-state index contributed by atoms with van der Waals surface area (Å²) >= 11 is 0. The Morgan fingerprint density at radius 2 is 1.87 bits per heavy atom. The van der Waals surface area contributed by atoms with Crippen LogP contribution in [0.25, 0.3) is 16.5 Å². The largest absolute Gasteiger partial charge is 0.323 e. The number of rotatable bonds is 2. The van der Waals surface area contributed by atoms with E-state index < -0.39 is 0 Å². The van der Waals surface area contributed by atoms with Gasteiger partial charge in [-0.25, -0.2) is 0 Å². The van der Waals surface area contributed by atoms with Crippen LogP contribution in [-0.4, -0.2) is 14.3 Å². The molecule has 0 spiro atoms. The van der Waals surface area contributed by atoms with Gasteiger partial charge in [0.1, 0.15) is 0 Å². The van der Waals surface area contributed by atoms with Crippen molar-refractivity contribution in [3.05, 3.63) is 93.7 Å². The average Bonchev–Trinajstić information content (AvgIpc) is 3.37. The molecular formula is C25H22N4O. The molecule has 0 amide bonds. The third-order valence-corrected chi connectivity index (χ3v) is 5.62. The number of benzene rings is 2. The second-order valence-corrected chi connectivity index (χ2v) is 7.69. The normalized spacial score (nSPS) is 13.7. The van der Waals surface area contributed by atoms with E-state index in [-0.39, 0.29) is 11.6 Å². The van der Waals surface area contributed by atoms with E-state index in [1.54, 1.807) is 4.57 Å². The molecule has 0 saturated carbocycles. The number of fused-ring (bicyclic) bond motifs is 2. The molecule has 148 valence electrons. The highest BCUT2D eigenvalue weighted by Crippen LogP contribution is 2.22. The van der Waals surface area contributed by atoms with E-state index >= 15 is 0 Å². The van der Waals surface area contributed by atoms with Gasteiger partial charge in [0.2, 0.25) is 0 Å². The molecule has 1 atom stereocenters. The minimum atomic E-state index is -0.285. The molecule has 5 rings (SSSR count). The topological polar surface area (TPSA) is 65.8 Å². The van der Waals surface area contributed by atoms with Gasteiger partial charge in [-0.1, -0.05) is 42.2 Å². The number of para-hydroxylation sites is 1. The zero-order valence-corrected chi connectivity index (χ0v) is 16.8. The molecule has 4 aromatic rings. The van der Waals surface area contributed by atoms with Gasteiger partial charge in [0.05, 0.1) is 22.8 Å². The van der Waals surface area contributed by atoms with Crippen molar-refractivity contribution in [1.82, 2.24) is 14.3 Å². The fourth-order valence-electron chi connectivity index (χ4n) is 4.17. The number of pyridine rings is 1. The molecule has 0 bridgehead atoms. The van der Waals surface area contributed by atoms with Crippen molar-refractivity contribution in [1.29, 1.82) is 0 Å². The molecule has 3 heterocycles. The molecule has 2 aromatic carbocycles. The van der Waals surface area contributed by atoms with E-state index in [1.807, 2.05) is 72.4 Å². The Morgan fingerprint density at radius 3 is 2.67 bits per heavy atom. The Kier molecular flexibility index (Phi) is 4.50. The van der Waals surface area contributed by atoms with Gasteiger partial charge in [0.15, 0.2) is 0 Å². The quantitative estimate of drug-likeness (QED) is 0.529. The van der Waals surface area contributed by atoms with Crippen LogP contribution < -0.4 is 11.3 Å². The van der Waals surface area contributed by atoms with Crippen LogP contribution in [0.2, 0.25) is 0 Å². The standard InChI is InChI=1S/C25H22N4O/c1-17(26)23-15-19-8-5-7-18(12-13-20-16-27-28-14-6-11-22(20)28)24(19)25(30)29(23)21-9-3-2-4-10-21/h2-5,7-10,15-17H,6,11,14,26H2,1H3/t17-/m0/s1. The molecule has 0 aliphatic carbocycles. The van der Waals surface area contributed by atoms with Crippen LogP contribution in [0.15, 0.2) is 65.6 Å². The minimum absolute atomic E-state index is 0.101. The highest BCUT2D eigenvalue weighted by Gasteiger charge is 2.17. The van der Waals surface area contributed by atoms with Gasteiger partial charge in [-0.3, -0.25) is 14.0 Å². The van der Waals surface area contributed by atoms with Crippen molar-refractivity contribution in [2.45, 2.75) is 32.4 Å². The van der Waals surface area contributed by atoms with E-state index in [9.17, 15) is 4.79 Å². The maximum absolute atomic E-state index is 13.6. The molecule has 30 heavy (non-hydrogen) atoms. The van der Waals surface area contributed by atoms with Crippen LogP contribution in [0.4, 0.5) is 0 Å². The summed E-state index contributed by atoms with van der Waals surface area (Å²) in [6.07, 6.45) is 3.93. The maximum atomic E-state index is 13.6. The Hall–Kier alpha value is -3.62. The first kappa shape index (κ1) is 18.4. The Labute approximate surface area is 174 Å². The van der Waals surface area contributed by atoms with Crippen LogP contribution in [0.5, 0.6) is 0 Å². The van der Waals surface area contributed by atoms with Crippen molar-refractivity contribution in [2.75, 3.05) is 0 Å². The highest BCUT2D eigenvalue weighted by molar-refractivity contribution is 5.88. The summed E-state index contributed by atoms with van der Waals surface area (Å²) in [5.41, 5.74) is 10.6. The fraction of sp³-hybridized carbons (Fsp3) is 0.200. The molecule has 0 unspecified atom stereocenters. The minimum Gasteiger partial charge on any atom is -0.323 e. The van der Waals surface area contributed by atoms with Gasteiger partial charge in [-0.05, 0) is 49.4 Å². The lowest BCUT2D eigenvalue weighted by molar-refractivity contribution is 0.656. The number of aryl methyl sites for hydroxylation is 1. The van der Waals surface area contributed by atoms with Crippen LogP contribution >= 0.6 is 0 Å². The lowest BCUT2D eigenvalue weighted by Crippen LogP contribution is -2.26. The second-order valence-electron chi connectivity index (χ2n) is 7.69. The van der Waals surface area contributed by atoms with Gasteiger partial charge >= 0.3 is 0 Å². The molecule has 5 heteroatoms. The first-order chi connectivity index (χ1) is 14.6. The average molecular weight is 394 g/mol. The molecule has 2 N–H and O–H groups in total. The zero-order valence-electron chi connectivity index (χ0n) is 16.8. The van der Waals surface area contributed by atoms with Crippen molar-refractivity contribution in [3.63, 3.8) is 0 Å². The van der Waals surface area contributed by atoms with Crippen molar-refractivity contribution in [2.24, 2.45) is 5.73 Å². The first-order valence-corrected chi connectivity index (χ1v) is 10.2. The van der Waals surface area contributed by atoms with Gasteiger partial charge in [0, 0.05) is 29.5 Å². The second kappa shape index (κ2) is 7.33. The first-order valence-electron chi connectivity index (χ1n) is 10.2. The molecule has 0 saturated heterocycles. The van der Waals surface area contributed by atoms with Crippen molar-refractivity contribution >= 4 is 10.8 Å². The lowest BCUT2D eigenvalue weighted by Gasteiger charge is -2.17. The SMILES string of the molecule is C[C@H](N)c1cc2cccc(C#Cc3cnn4c3CCC4)c2c(=O)n1-c1ccccc1. The van der Waals surface area contributed by atoms with Crippen molar-refractivity contribution in [3.8, 4) is 17.5 Å². The maximum Gasteiger partial charge on any atom is 0.264 e. The number of aromatic nitrogens is 3. The van der Waals surface area contributed by atoms with Gasteiger partial charge in [-0.15, -0.1) is 0 Å². The Balaban J connectivity index is 1.74. The monoisotopic (exact) mass is 394 g/mol. The van der Waals surface area contributed by atoms with Crippen LogP contribution in [0.1, 0.15) is 41.9 Å². The third kappa shape index (κ3) is 3.02. The summed E-state index contributed by atoms with van der Waals surface area (Å²) in [5.74, 6) is 6.49. The number of nitrogens with zero attached hydrogens (tertiary/aromatic N) is 3. The van der Waals surface area contributed by atoms with Gasteiger partial charge in [-0.2, -0.15) is 5.10 Å². The van der Waals surface area contributed by atoms with Crippen LogP contribution in [-0.2, 0) is 13.0 Å². The number of hydrogen-bond donors (Lipinski definition) is 1. The molecular weight excluding hydrogens is 372 g/mol. The lowest BCUT2D eigenvalue weighted by atomic mass is 10.0. The Bertz CT molecular complexity index is 1370. The number of nitrogens with two attached hydrogens (primary N) is 1. The van der Waals surface area contributed by atoms with Crippen LogP contribution in [0, 0.1) is 11.8 Å². The molecule has 1 aliphatic rings. The zero-order chi connectivity index (χ0) is 20.7. The Morgan fingerprint density at radius 1 is 1.07 bits per heavy atom. The smallest absolute Gasteiger partial charge is 0.264 e. The summed E-state index contributed by atoms with van der Waals surface area (Å²) in [5, 5.41) is 5.87. The van der Waals surface area contributed by atoms with E-state index in [4.69, 9.17) is 5.73 Å². The summed E-state index contributed by atoms with van der Waals surface area (Å²) < 4.78 is 3.72. The summed E-state index contributed by atoms with van der Waals surface area (Å²) in [4.78, 5) is 13.6. The molecule has 0 radical (unpaired) electrons. The number of hydrogen-bond acceptors (Lipinski definition) is 3. The highest BCUT2D eigenvalue weighted by atomic mass is 16.1. The third-order valence-electron chi connectivity index (χ3n) is 5.62. The molecule has 1 aliphatic heterocycles. The molecule has 0 fully saturated rings. The predicted molar refractivity (Wildman–Crippen MR) is 119 cm³/mol. The fourth-order valence-corrected chi connectivity index (χ4v) is 4.17. The molecule has 2 aromatic heterocycles. The van der Waals surface area contributed by atoms with E-state index in [0.29, 0.717) is 5.39 Å². The van der Waals surface area contributed by atoms with E-state index in [2.05, 4.69) is 16.9 Å².